The zero-order chi connectivity index (χ0) is 15.0. The average Bonchev–Trinajstić information content (AvgIpc) is 3.32. The summed E-state index contributed by atoms with van der Waals surface area (Å²) in [6.45, 7) is 3.69. The van der Waals surface area contributed by atoms with Crippen molar-refractivity contribution in [3.63, 3.8) is 0 Å². The largest absolute Gasteiger partial charge is 0.336 e. The number of aryl methyl sites for hydroxylation is 1. The average molecular weight is 308 g/mol. The number of nitrogens with zero attached hydrogens (tertiary/aromatic N) is 2. The second-order valence-electron chi connectivity index (χ2n) is 5.75. The molecule has 0 aromatic heterocycles. The number of piperazine rings is 1. The Morgan fingerprint density at radius 1 is 1.10 bits per heavy atom. The van der Waals surface area contributed by atoms with E-state index in [1.54, 1.807) is 9.21 Å². The first-order valence-corrected chi connectivity index (χ1v) is 8.84. The number of carbonyl (C=O) groups is 1. The molecule has 5 nitrogen and oxygen atoms in total. The molecule has 2 aliphatic rings. The summed E-state index contributed by atoms with van der Waals surface area (Å²) < 4.78 is 25.9. The molecule has 1 aliphatic carbocycles. The molecule has 2 fully saturated rings. The normalized spacial score (nSPS) is 20.5. The van der Waals surface area contributed by atoms with Crippen molar-refractivity contribution in [1.82, 2.24) is 9.21 Å². The Kier molecular flexibility index (Phi) is 3.75. The van der Waals surface area contributed by atoms with Crippen LogP contribution in [0.2, 0.25) is 0 Å². The van der Waals surface area contributed by atoms with Crippen molar-refractivity contribution >= 4 is 15.9 Å². The van der Waals surface area contributed by atoms with Gasteiger partial charge in [-0.1, -0.05) is 18.2 Å². The molecule has 21 heavy (non-hydrogen) atoms. The molecule has 1 amide bonds. The zero-order valence-electron chi connectivity index (χ0n) is 12.2. The smallest absolute Gasteiger partial charge is 0.254 e. The molecule has 0 spiro atoms. The van der Waals surface area contributed by atoms with Gasteiger partial charge in [0, 0.05) is 31.7 Å². The Labute approximate surface area is 125 Å². The first-order chi connectivity index (χ1) is 10.00. The van der Waals surface area contributed by atoms with Gasteiger partial charge in [-0.2, -0.15) is 4.31 Å². The van der Waals surface area contributed by atoms with Crippen LogP contribution >= 0.6 is 0 Å². The third-order valence-corrected chi connectivity index (χ3v) is 6.61. The van der Waals surface area contributed by atoms with Crippen molar-refractivity contribution in [2.45, 2.75) is 25.0 Å². The molecule has 6 heteroatoms. The zero-order valence-corrected chi connectivity index (χ0v) is 13.0. The van der Waals surface area contributed by atoms with Gasteiger partial charge in [-0.25, -0.2) is 8.42 Å². The second-order valence-corrected chi connectivity index (χ2v) is 7.96. The molecule has 3 rings (SSSR count). The molecular weight excluding hydrogens is 288 g/mol. The molecule has 1 aromatic rings. The van der Waals surface area contributed by atoms with Crippen LogP contribution in [0.1, 0.15) is 28.8 Å². The lowest BCUT2D eigenvalue weighted by atomic mass is 10.1. The van der Waals surface area contributed by atoms with Crippen LogP contribution in [0.3, 0.4) is 0 Å². The highest BCUT2D eigenvalue weighted by Crippen LogP contribution is 2.31. The SMILES string of the molecule is Cc1ccccc1C(=O)N1CCN(S(=O)(=O)C2CC2)CC1. The van der Waals surface area contributed by atoms with Crippen molar-refractivity contribution in [2.24, 2.45) is 0 Å². The van der Waals surface area contributed by atoms with Crippen LogP contribution in [0, 0.1) is 6.92 Å². The quantitative estimate of drug-likeness (QED) is 0.844. The van der Waals surface area contributed by atoms with E-state index in [4.69, 9.17) is 0 Å². The summed E-state index contributed by atoms with van der Waals surface area (Å²) in [4.78, 5) is 14.2. The maximum absolute atomic E-state index is 12.5. The fourth-order valence-electron chi connectivity index (χ4n) is 2.71. The number of amides is 1. The standard InChI is InChI=1S/C15H20N2O3S/c1-12-4-2-3-5-14(12)15(18)16-8-10-17(11-9-16)21(19,20)13-6-7-13/h2-5,13H,6-11H2,1H3. The Hall–Kier alpha value is -1.40. The van der Waals surface area contributed by atoms with Gasteiger partial charge in [-0.05, 0) is 31.4 Å². The van der Waals surface area contributed by atoms with Gasteiger partial charge in [0.15, 0.2) is 0 Å². The highest BCUT2D eigenvalue weighted by atomic mass is 32.2. The van der Waals surface area contributed by atoms with E-state index in [1.807, 2.05) is 31.2 Å². The van der Waals surface area contributed by atoms with Crippen molar-refractivity contribution in [3.05, 3.63) is 35.4 Å². The molecule has 1 heterocycles. The Morgan fingerprint density at radius 3 is 2.29 bits per heavy atom. The molecule has 0 radical (unpaired) electrons. The first-order valence-electron chi connectivity index (χ1n) is 7.34. The number of benzene rings is 1. The molecule has 1 saturated heterocycles. The summed E-state index contributed by atoms with van der Waals surface area (Å²) in [5.74, 6) is -0.00318. The number of rotatable bonds is 3. The van der Waals surface area contributed by atoms with Gasteiger partial charge in [0.2, 0.25) is 10.0 Å². The van der Waals surface area contributed by atoms with Crippen LogP contribution in [0.15, 0.2) is 24.3 Å². The van der Waals surface area contributed by atoms with E-state index in [1.165, 1.54) is 0 Å². The molecule has 114 valence electrons. The lowest BCUT2D eigenvalue weighted by molar-refractivity contribution is 0.0697. The molecule has 0 atom stereocenters. The molecule has 1 saturated carbocycles. The van der Waals surface area contributed by atoms with Crippen LogP contribution in [-0.2, 0) is 10.0 Å². The number of sulfonamides is 1. The molecule has 1 aliphatic heterocycles. The van der Waals surface area contributed by atoms with Crippen molar-refractivity contribution in [1.29, 1.82) is 0 Å². The molecule has 0 unspecified atom stereocenters. The van der Waals surface area contributed by atoms with Gasteiger partial charge in [0.25, 0.3) is 5.91 Å². The lowest BCUT2D eigenvalue weighted by Gasteiger charge is -2.34. The molecule has 1 aromatic carbocycles. The Morgan fingerprint density at radius 2 is 1.71 bits per heavy atom. The number of hydrogen-bond donors (Lipinski definition) is 0. The fourth-order valence-corrected chi connectivity index (χ4v) is 4.53. The predicted octanol–water partition coefficient (Wildman–Crippen LogP) is 1.25. The Balaban J connectivity index is 1.66. The summed E-state index contributed by atoms with van der Waals surface area (Å²) >= 11 is 0. The minimum absolute atomic E-state index is 0.00318. The van der Waals surface area contributed by atoms with Crippen LogP contribution in [0.5, 0.6) is 0 Å². The first kappa shape index (κ1) is 14.5. The van der Waals surface area contributed by atoms with Crippen LogP contribution in [-0.4, -0.2) is 55.0 Å². The van der Waals surface area contributed by atoms with E-state index < -0.39 is 10.0 Å². The van der Waals surface area contributed by atoms with Crippen molar-refractivity contribution in [3.8, 4) is 0 Å². The number of carbonyl (C=O) groups excluding carboxylic acids is 1. The maximum Gasteiger partial charge on any atom is 0.254 e. The van der Waals surface area contributed by atoms with Gasteiger partial charge in [-0.3, -0.25) is 4.79 Å². The minimum Gasteiger partial charge on any atom is -0.336 e. The summed E-state index contributed by atoms with van der Waals surface area (Å²) in [5, 5.41) is -0.170. The van der Waals surface area contributed by atoms with E-state index in [9.17, 15) is 13.2 Å². The van der Waals surface area contributed by atoms with Gasteiger partial charge >= 0.3 is 0 Å². The fraction of sp³-hybridized carbons (Fsp3) is 0.533. The van der Waals surface area contributed by atoms with E-state index in [0.29, 0.717) is 31.7 Å². The molecule has 0 bridgehead atoms. The van der Waals surface area contributed by atoms with Gasteiger partial charge in [-0.15, -0.1) is 0 Å². The third kappa shape index (κ3) is 2.82. The van der Waals surface area contributed by atoms with Gasteiger partial charge in [0.05, 0.1) is 5.25 Å². The van der Waals surface area contributed by atoms with E-state index in [0.717, 1.165) is 18.4 Å². The van der Waals surface area contributed by atoms with E-state index in [-0.39, 0.29) is 11.2 Å². The predicted molar refractivity (Wildman–Crippen MR) is 80.6 cm³/mol. The summed E-state index contributed by atoms with van der Waals surface area (Å²) in [6, 6.07) is 7.51. The van der Waals surface area contributed by atoms with Crippen LogP contribution < -0.4 is 0 Å². The van der Waals surface area contributed by atoms with E-state index in [2.05, 4.69) is 0 Å². The number of hydrogen-bond acceptors (Lipinski definition) is 3. The molecular formula is C15H20N2O3S. The summed E-state index contributed by atoms with van der Waals surface area (Å²) in [5.41, 5.74) is 1.66. The van der Waals surface area contributed by atoms with Crippen molar-refractivity contribution < 1.29 is 13.2 Å². The van der Waals surface area contributed by atoms with Crippen LogP contribution in [0.25, 0.3) is 0 Å². The van der Waals surface area contributed by atoms with Gasteiger partial charge in [0.1, 0.15) is 0 Å². The second kappa shape index (κ2) is 5.42. The maximum atomic E-state index is 12.5. The van der Waals surface area contributed by atoms with Crippen molar-refractivity contribution in [2.75, 3.05) is 26.2 Å². The topological polar surface area (TPSA) is 57.7 Å². The molecule has 0 N–H and O–H groups in total. The lowest BCUT2D eigenvalue weighted by Crippen LogP contribution is -2.51. The van der Waals surface area contributed by atoms with Gasteiger partial charge < -0.3 is 4.90 Å². The third-order valence-electron chi connectivity index (χ3n) is 4.21. The minimum atomic E-state index is -3.12. The Bertz CT molecular complexity index is 645. The highest BCUT2D eigenvalue weighted by Gasteiger charge is 2.41. The highest BCUT2D eigenvalue weighted by molar-refractivity contribution is 7.90. The van der Waals surface area contributed by atoms with E-state index >= 15 is 0 Å². The summed E-state index contributed by atoms with van der Waals surface area (Å²) in [7, 11) is -3.12. The van der Waals surface area contributed by atoms with Crippen LogP contribution in [0.4, 0.5) is 0 Å². The monoisotopic (exact) mass is 308 g/mol. The summed E-state index contributed by atoms with van der Waals surface area (Å²) in [6.07, 6.45) is 1.56.